The molecular weight excluding hydrogens is 971 g/mol. The molecule has 8 fully saturated rings. The van der Waals surface area contributed by atoms with Crippen LogP contribution >= 0.6 is 0 Å². The first-order valence-electron chi connectivity index (χ1n) is 31.7. The van der Waals surface area contributed by atoms with Crippen molar-refractivity contribution in [3.63, 3.8) is 0 Å². The van der Waals surface area contributed by atoms with Gasteiger partial charge in [-0.2, -0.15) is 0 Å². The van der Waals surface area contributed by atoms with Crippen molar-refractivity contribution in [3.8, 4) is 5.75 Å². The van der Waals surface area contributed by atoms with Crippen LogP contribution in [0.5, 0.6) is 5.75 Å². The van der Waals surface area contributed by atoms with Crippen LogP contribution in [0.15, 0.2) is 47.5 Å². The van der Waals surface area contributed by atoms with Gasteiger partial charge in [0.2, 0.25) is 0 Å². The predicted octanol–water partition coefficient (Wildman–Crippen LogP) is 11.5. The third kappa shape index (κ3) is 8.63. The van der Waals surface area contributed by atoms with Crippen LogP contribution in [0.3, 0.4) is 0 Å². The molecule has 10 nitrogen and oxygen atoms in total. The minimum atomic E-state index is -0.925. The standard InChI is InChI=1S/C68H99N3O7/c1-38(2)25-39-26-43(30-46(69)28-39)48-15-12-16-51(48)67(7)62(78-67)59(75)49-20-18-42-14-11-13-41-17-19-45(36-72)68-33-53-60-64(4,24-10-9-23-63(3,77)37-71-53)61(76)50(44-27-40(35-70-8)29-47(73)31-44)32-65(60,5)55(68)22-21-52-58(57(49)56(41)42)54(74)34-66(52,68)6/h26-31,38,41-42,45,48-51,53,55-57,59-60,62,70-73,75,77H,9-25,32-37,69H2,1-8H3. The number of fused-ring (bicyclic) bond motifs is 2. The quantitative estimate of drug-likeness (QED) is 0.0895. The second-order valence-electron chi connectivity index (χ2n) is 30.1. The van der Waals surface area contributed by atoms with Gasteiger partial charge >= 0.3 is 0 Å². The Balaban J connectivity index is 0.970. The summed E-state index contributed by atoms with van der Waals surface area (Å²) in [6, 6.07) is 12.4. The zero-order valence-electron chi connectivity index (χ0n) is 49.0. The van der Waals surface area contributed by atoms with Gasteiger partial charge in [-0.3, -0.25) is 9.59 Å². The number of aromatic hydroxyl groups is 1. The number of benzene rings is 2. The highest BCUT2D eigenvalue weighted by Gasteiger charge is 2.76. The molecule has 20 atom stereocenters. The molecule has 1 spiro atoms. The van der Waals surface area contributed by atoms with Crippen LogP contribution in [0.4, 0.5) is 5.69 Å². The molecule has 6 saturated carbocycles. The van der Waals surface area contributed by atoms with Gasteiger partial charge in [-0.25, -0.2) is 0 Å². The van der Waals surface area contributed by atoms with E-state index in [1.165, 1.54) is 29.5 Å². The maximum atomic E-state index is 16.1. The minimum absolute atomic E-state index is 0.0390. The first kappa shape index (κ1) is 55.4. The van der Waals surface area contributed by atoms with E-state index < -0.39 is 44.9 Å². The molecular formula is C68H99N3O7. The van der Waals surface area contributed by atoms with E-state index in [1.54, 1.807) is 0 Å². The van der Waals surface area contributed by atoms with Gasteiger partial charge in [-0.1, -0.05) is 90.8 Å². The summed E-state index contributed by atoms with van der Waals surface area (Å²) in [6.45, 7) is 17.1. The molecule has 428 valence electrons. The normalized spacial score (nSPS) is 45.6. The average Bonchev–Trinajstić information content (AvgIpc) is 3.44. The summed E-state index contributed by atoms with van der Waals surface area (Å²) in [7, 11) is 1.91. The van der Waals surface area contributed by atoms with Crippen molar-refractivity contribution in [2.75, 3.05) is 25.9 Å². The number of carbonyl (C=O) groups excluding carboxylic acids is 2. The number of β-amino-alcohol motifs (C(OH)–C–C–N with tert-alkyl or cyclic N) is 1. The minimum Gasteiger partial charge on any atom is -0.508 e. The van der Waals surface area contributed by atoms with E-state index in [9.17, 15) is 20.4 Å². The fourth-order valence-corrected chi connectivity index (χ4v) is 22.4. The lowest BCUT2D eigenvalue weighted by Gasteiger charge is -2.73. The lowest BCUT2D eigenvalue weighted by molar-refractivity contribution is -0.226. The Hall–Kier alpha value is -3.12. The highest BCUT2D eigenvalue weighted by Crippen LogP contribution is 2.79. The number of hydrogen-bond acceptors (Lipinski definition) is 10. The molecule has 78 heavy (non-hydrogen) atoms. The SMILES string of the molecule is CNCc1cc(O)cc(C2CC3(C)C4C(CC56C(CO)CCC7CCCC8CCC(C(O)C9OC9(C)C9CCCC9c9cc(N)cc(CC(C)C)c9)C(C9=C(CCC35)C6(C)CC9=O)C87)NCC(C)(O)CCCCC4(C)C2=O)c1. The van der Waals surface area contributed by atoms with Gasteiger partial charge in [0, 0.05) is 54.6 Å². The molecule has 10 heteroatoms. The molecule has 4 bridgehead atoms. The molecule has 8 N–H and O–H groups in total. The number of epoxide rings is 1. The largest absolute Gasteiger partial charge is 0.508 e. The van der Waals surface area contributed by atoms with Crippen LogP contribution in [0.1, 0.15) is 205 Å². The smallest absolute Gasteiger partial charge is 0.160 e. The van der Waals surface area contributed by atoms with Crippen molar-refractivity contribution in [1.82, 2.24) is 10.6 Å². The van der Waals surface area contributed by atoms with Gasteiger partial charge in [-0.15, -0.1) is 0 Å². The monoisotopic (exact) mass is 1070 g/mol. The van der Waals surface area contributed by atoms with Crippen LogP contribution in [0.25, 0.3) is 0 Å². The number of phenols is 1. The second kappa shape index (κ2) is 20.1. The number of anilines is 1. The lowest BCUT2D eigenvalue weighted by atomic mass is 9.31. The Labute approximate surface area is 467 Å². The fraction of sp³-hybridized carbons (Fsp3) is 0.765. The molecule has 20 unspecified atom stereocenters. The Bertz CT molecular complexity index is 2680. The molecule has 2 heterocycles. The van der Waals surface area contributed by atoms with Gasteiger partial charge in [0.25, 0.3) is 0 Å². The number of allylic oxidation sites excluding steroid dienone is 2. The third-order valence-corrected chi connectivity index (χ3v) is 25.2. The molecule has 2 saturated heterocycles. The first-order valence-corrected chi connectivity index (χ1v) is 31.7. The summed E-state index contributed by atoms with van der Waals surface area (Å²) < 4.78 is 7.02. The zero-order valence-corrected chi connectivity index (χ0v) is 49.0. The Kier molecular flexibility index (Phi) is 14.2. The Morgan fingerprint density at radius 1 is 0.833 bits per heavy atom. The van der Waals surface area contributed by atoms with E-state index in [0.717, 1.165) is 119 Å². The lowest BCUT2D eigenvalue weighted by Crippen LogP contribution is -2.73. The summed E-state index contributed by atoms with van der Waals surface area (Å²) in [4.78, 5) is 32.0. The van der Waals surface area contributed by atoms with Crippen LogP contribution in [-0.4, -0.2) is 81.6 Å². The summed E-state index contributed by atoms with van der Waals surface area (Å²) in [5.74, 6) is 2.49. The number of nitrogen functional groups attached to an aromatic ring is 1. The number of ether oxygens (including phenoxy) is 1. The van der Waals surface area contributed by atoms with Crippen LogP contribution in [0, 0.1) is 80.8 Å². The number of nitrogens with one attached hydrogen (secondary N) is 2. The van der Waals surface area contributed by atoms with Crippen molar-refractivity contribution in [1.29, 1.82) is 0 Å². The van der Waals surface area contributed by atoms with E-state index in [1.807, 2.05) is 26.1 Å². The topological polar surface area (TPSA) is 178 Å². The Morgan fingerprint density at radius 3 is 2.31 bits per heavy atom. The van der Waals surface area contributed by atoms with Crippen LogP contribution in [0.2, 0.25) is 0 Å². The number of ketones is 2. The van der Waals surface area contributed by atoms with Crippen LogP contribution in [-0.2, 0) is 27.3 Å². The van der Waals surface area contributed by atoms with Gasteiger partial charge in [0.15, 0.2) is 5.78 Å². The summed E-state index contributed by atoms with van der Waals surface area (Å²) in [5, 5.41) is 56.4. The van der Waals surface area contributed by atoms with Gasteiger partial charge < -0.3 is 41.5 Å². The highest BCUT2D eigenvalue weighted by atomic mass is 16.6. The molecule has 2 aromatic carbocycles. The van der Waals surface area contributed by atoms with E-state index in [-0.39, 0.29) is 71.6 Å². The van der Waals surface area contributed by atoms with E-state index >= 15 is 9.59 Å². The van der Waals surface area contributed by atoms with Gasteiger partial charge in [0.05, 0.1) is 17.3 Å². The van der Waals surface area contributed by atoms with Gasteiger partial charge in [0.1, 0.15) is 17.6 Å². The number of phenolic OH excluding ortho intramolecular Hbond substituents is 1. The number of carbonyl (C=O) groups is 2. The number of Topliss-reactive ketones (excluding diaryl/α,β-unsaturated/α-hetero) is 2. The molecule has 0 radical (unpaired) electrons. The average molecular weight is 1070 g/mol. The molecule has 12 rings (SSSR count). The summed E-state index contributed by atoms with van der Waals surface area (Å²) >= 11 is 0. The van der Waals surface area contributed by atoms with Crippen molar-refractivity contribution in [2.45, 2.75) is 225 Å². The number of hydrogen-bond donors (Lipinski definition) is 7. The molecule has 0 aromatic heterocycles. The van der Waals surface area contributed by atoms with Crippen LogP contribution < -0.4 is 16.4 Å². The third-order valence-electron chi connectivity index (χ3n) is 25.2. The van der Waals surface area contributed by atoms with E-state index in [0.29, 0.717) is 61.9 Å². The fourth-order valence-electron chi connectivity index (χ4n) is 22.4. The Morgan fingerprint density at radius 2 is 1.56 bits per heavy atom. The van der Waals surface area contributed by atoms with Crippen molar-refractivity contribution < 1.29 is 34.8 Å². The van der Waals surface area contributed by atoms with Crippen molar-refractivity contribution in [3.05, 3.63) is 69.8 Å². The first-order chi connectivity index (χ1) is 37.1. The highest BCUT2D eigenvalue weighted by molar-refractivity contribution is 6.01. The number of nitrogens with two attached hydrogens (primary N) is 1. The van der Waals surface area contributed by atoms with Gasteiger partial charge in [-0.05, 0) is 232 Å². The number of aliphatic hydroxyl groups excluding tert-OH is 2. The zero-order chi connectivity index (χ0) is 55.1. The summed E-state index contributed by atoms with van der Waals surface area (Å²) in [5.41, 5.74) is 10.8. The van der Waals surface area contributed by atoms with Crippen molar-refractivity contribution in [2.24, 2.45) is 80.8 Å². The maximum absolute atomic E-state index is 16.1. The van der Waals surface area contributed by atoms with Crippen molar-refractivity contribution >= 4 is 17.3 Å². The number of rotatable bonds is 10. The van der Waals surface area contributed by atoms with E-state index in [2.05, 4.69) is 76.4 Å². The molecule has 8 aliphatic carbocycles. The molecule has 2 aromatic rings. The second-order valence-corrected chi connectivity index (χ2v) is 30.1. The van der Waals surface area contributed by atoms with E-state index in [4.69, 9.17) is 10.5 Å². The summed E-state index contributed by atoms with van der Waals surface area (Å²) in [6.07, 6.45) is 17.1. The maximum Gasteiger partial charge on any atom is 0.160 e. The molecule has 10 aliphatic rings. The molecule has 2 aliphatic heterocycles. The molecule has 0 amide bonds. The predicted molar refractivity (Wildman–Crippen MR) is 307 cm³/mol. The number of aliphatic hydroxyl groups is 3.